The maximum Gasteiger partial charge on any atom is 0.111 e. The normalized spacial score (nSPS) is 25.1. The Hall–Kier alpha value is -1.25. The maximum absolute atomic E-state index is 4.58. The molecule has 0 aromatic carbocycles. The maximum atomic E-state index is 4.58. The molecular formula is C12H19N3. The van der Waals surface area contributed by atoms with Crippen molar-refractivity contribution in [2.45, 2.75) is 20.3 Å². The number of hydrogen-bond acceptors (Lipinski definition) is 3. The highest BCUT2D eigenvalue weighted by molar-refractivity contribution is 5.88. The van der Waals surface area contributed by atoms with Crippen LogP contribution >= 0.6 is 0 Å². The number of rotatable bonds is 1. The van der Waals surface area contributed by atoms with Crippen LogP contribution in [0.3, 0.4) is 0 Å². The van der Waals surface area contributed by atoms with Gasteiger partial charge < -0.3 is 10.2 Å². The number of fused-ring (bicyclic) bond motifs is 1. The molecule has 1 heterocycles. The van der Waals surface area contributed by atoms with E-state index in [1.54, 1.807) is 0 Å². The van der Waals surface area contributed by atoms with Crippen LogP contribution in [0.15, 0.2) is 28.4 Å². The van der Waals surface area contributed by atoms with Gasteiger partial charge in [-0.25, -0.2) is 0 Å². The molecule has 2 rings (SSSR count). The summed E-state index contributed by atoms with van der Waals surface area (Å²) in [6, 6.07) is 0. The minimum Gasteiger partial charge on any atom is -0.373 e. The number of amidine groups is 1. The molecule has 0 fully saturated rings. The van der Waals surface area contributed by atoms with Crippen molar-refractivity contribution in [2.24, 2.45) is 10.9 Å². The third-order valence-corrected chi connectivity index (χ3v) is 3.00. The zero-order chi connectivity index (χ0) is 10.8. The summed E-state index contributed by atoms with van der Waals surface area (Å²) >= 11 is 0. The van der Waals surface area contributed by atoms with Crippen molar-refractivity contribution < 1.29 is 0 Å². The lowest BCUT2D eigenvalue weighted by molar-refractivity contribution is 0.369. The van der Waals surface area contributed by atoms with E-state index in [9.17, 15) is 0 Å². The van der Waals surface area contributed by atoms with Crippen LogP contribution in [0.25, 0.3) is 0 Å². The van der Waals surface area contributed by atoms with Crippen molar-refractivity contribution in [3.63, 3.8) is 0 Å². The molecular weight excluding hydrogens is 186 g/mol. The van der Waals surface area contributed by atoms with Gasteiger partial charge in [-0.05, 0) is 26.3 Å². The molecule has 0 spiro atoms. The molecule has 1 N–H and O–H groups in total. The molecule has 0 saturated carbocycles. The lowest BCUT2D eigenvalue weighted by atomic mass is 9.89. The van der Waals surface area contributed by atoms with Crippen LogP contribution in [0.1, 0.15) is 20.3 Å². The summed E-state index contributed by atoms with van der Waals surface area (Å²) < 4.78 is 0. The summed E-state index contributed by atoms with van der Waals surface area (Å²) in [5.41, 5.74) is 2.83. The van der Waals surface area contributed by atoms with E-state index in [4.69, 9.17) is 0 Å². The predicted molar refractivity (Wildman–Crippen MR) is 63.7 cm³/mol. The van der Waals surface area contributed by atoms with E-state index < -0.39 is 0 Å². The van der Waals surface area contributed by atoms with Gasteiger partial charge in [0.25, 0.3) is 0 Å². The van der Waals surface area contributed by atoms with Crippen molar-refractivity contribution in [2.75, 3.05) is 20.3 Å². The molecule has 1 aliphatic carbocycles. The van der Waals surface area contributed by atoms with E-state index in [1.807, 2.05) is 0 Å². The first-order valence-corrected chi connectivity index (χ1v) is 5.59. The molecule has 82 valence electrons. The Balaban J connectivity index is 2.26. The van der Waals surface area contributed by atoms with Crippen LogP contribution in [0.5, 0.6) is 0 Å². The summed E-state index contributed by atoms with van der Waals surface area (Å²) in [6.07, 6.45) is 5.55. The van der Waals surface area contributed by atoms with E-state index in [-0.39, 0.29) is 0 Å². The number of allylic oxidation sites excluding steroid dienone is 3. The second-order valence-corrected chi connectivity index (χ2v) is 4.27. The Morgan fingerprint density at radius 1 is 1.53 bits per heavy atom. The Bertz CT molecular complexity index is 339. The molecule has 2 aliphatic rings. The quantitative estimate of drug-likeness (QED) is 0.706. The molecule has 3 nitrogen and oxygen atoms in total. The number of nitrogens with one attached hydrogen (secondary N) is 1. The van der Waals surface area contributed by atoms with Gasteiger partial charge in [0.1, 0.15) is 12.5 Å². The average molecular weight is 205 g/mol. The summed E-state index contributed by atoms with van der Waals surface area (Å²) in [5, 5.41) is 3.38. The third-order valence-electron chi connectivity index (χ3n) is 3.00. The fourth-order valence-electron chi connectivity index (χ4n) is 2.20. The van der Waals surface area contributed by atoms with Gasteiger partial charge >= 0.3 is 0 Å². The molecule has 1 atom stereocenters. The standard InChI is InChI=1S/C12H19N3/c1-4-13-12-10-7-9(2)5-6-11(10)15(3)8-14-12/h5-6,10H,4,7-8H2,1-3H3,(H,13,14). The summed E-state index contributed by atoms with van der Waals surface area (Å²) in [5.74, 6) is 1.61. The lowest BCUT2D eigenvalue weighted by Crippen LogP contribution is -2.41. The zero-order valence-electron chi connectivity index (χ0n) is 9.75. The SMILES string of the molecule is CCNC1=NCN(C)C2=CC=C(C)CC21. The monoisotopic (exact) mass is 205 g/mol. The van der Waals surface area contributed by atoms with Gasteiger partial charge in [-0.3, -0.25) is 4.99 Å². The predicted octanol–water partition coefficient (Wildman–Crippen LogP) is 1.75. The van der Waals surface area contributed by atoms with Gasteiger partial charge in [0.05, 0.1) is 5.92 Å². The van der Waals surface area contributed by atoms with E-state index in [0.717, 1.165) is 25.5 Å². The van der Waals surface area contributed by atoms with Gasteiger partial charge in [0.15, 0.2) is 0 Å². The van der Waals surface area contributed by atoms with Gasteiger partial charge in [-0.15, -0.1) is 0 Å². The summed E-state index contributed by atoms with van der Waals surface area (Å²) in [7, 11) is 2.11. The number of aliphatic imine (C=N–C) groups is 1. The van der Waals surface area contributed by atoms with Crippen LogP contribution in [0, 0.1) is 5.92 Å². The van der Waals surface area contributed by atoms with Crippen molar-refractivity contribution in [3.05, 3.63) is 23.4 Å². The van der Waals surface area contributed by atoms with Gasteiger partial charge in [0, 0.05) is 19.3 Å². The molecule has 0 aromatic heterocycles. The van der Waals surface area contributed by atoms with E-state index in [1.165, 1.54) is 11.3 Å². The molecule has 1 unspecified atom stereocenters. The van der Waals surface area contributed by atoms with Crippen LogP contribution in [-0.2, 0) is 0 Å². The van der Waals surface area contributed by atoms with Crippen LogP contribution in [-0.4, -0.2) is 31.0 Å². The summed E-state index contributed by atoms with van der Waals surface area (Å²) in [4.78, 5) is 6.81. The van der Waals surface area contributed by atoms with E-state index in [0.29, 0.717) is 5.92 Å². The van der Waals surface area contributed by atoms with Crippen LogP contribution < -0.4 is 5.32 Å². The molecule has 0 saturated heterocycles. The summed E-state index contributed by atoms with van der Waals surface area (Å²) in [6.45, 7) is 6.04. The van der Waals surface area contributed by atoms with Crippen LogP contribution in [0.4, 0.5) is 0 Å². The second kappa shape index (κ2) is 4.09. The fourth-order valence-corrected chi connectivity index (χ4v) is 2.20. The smallest absolute Gasteiger partial charge is 0.111 e. The molecule has 0 radical (unpaired) electrons. The number of hydrogen-bond donors (Lipinski definition) is 1. The Morgan fingerprint density at radius 2 is 2.33 bits per heavy atom. The molecule has 0 aromatic rings. The highest BCUT2D eigenvalue weighted by atomic mass is 15.2. The molecule has 0 amide bonds. The molecule has 3 heteroatoms. The lowest BCUT2D eigenvalue weighted by Gasteiger charge is -2.35. The molecule has 15 heavy (non-hydrogen) atoms. The minimum absolute atomic E-state index is 0.452. The van der Waals surface area contributed by atoms with E-state index >= 15 is 0 Å². The molecule has 1 aliphatic heterocycles. The van der Waals surface area contributed by atoms with Crippen molar-refractivity contribution in [1.29, 1.82) is 0 Å². The van der Waals surface area contributed by atoms with E-state index in [2.05, 4.69) is 48.3 Å². The number of nitrogens with zero attached hydrogens (tertiary/aromatic N) is 2. The van der Waals surface area contributed by atoms with Crippen molar-refractivity contribution in [3.8, 4) is 0 Å². The first kappa shape index (κ1) is 10.3. The first-order valence-electron chi connectivity index (χ1n) is 5.59. The Labute approximate surface area is 91.6 Å². The zero-order valence-corrected chi connectivity index (χ0v) is 9.75. The Kier molecular flexibility index (Phi) is 2.80. The highest BCUT2D eigenvalue weighted by Crippen LogP contribution is 2.30. The average Bonchev–Trinajstić information content (AvgIpc) is 2.22. The Morgan fingerprint density at radius 3 is 3.07 bits per heavy atom. The third kappa shape index (κ3) is 1.91. The van der Waals surface area contributed by atoms with Crippen molar-refractivity contribution in [1.82, 2.24) is 10.2 Å². The highest BCUT2D eigenvalue weighted by Gasteiger charge is 2.28. The van der Waals surface area contributed by atoms with Crippen LogP contribution in [0.2, 0.25) is 0 Å². The van der Waals surface area contributed by atoms with Gasteiger partial charge in [-0.1, -0.05) is 11.6 Å². The largest absolute Gasteiger partial charge is 0.373 e. The topological polar surface area (TPSA) is 27.6 Å². The van der Waals surface area contributed by atoms with Gasteiger partial charge in [0.2, 0.25) is 0 Å². The van der Waals surface area contributed by atoms with Crippen molar-refractivity contribution >= 4 is 5.84 Å². The van der Waals surface area contributed by atoms with Gasteiger partial charge in [-0.2, -0.15) is 0 Å². The second-order valence-electron chi connectivity index (χ2n) is 4.27. The first-order chi connectivity index (χ1) is 7.22. The molecule has 0 bridgehead atoms. The minimum atomic E-state index is 0.452. The fraction of sp³-hybridized carbons (Fsp3) is 0.583.